The van der Waals surface area contributed by atoms with Crippen LogP contribution in [0.4, 0.5) is 4.79 Å². The van der Waals surface area contributed by atoms with Crippen molar-refractivity contribution >= 4 is 65.3 Å². The second-order valence-electron chi connectivity index (χ2n) is 23.9. The predicted octanol–water partition coefficient (Wildman–Crippen LogP) is 2.81. The van der Waals surface area contributed by atoms with Crippen molar-refractivity contribution in [1.82, 2.24) is 47.9 Å². The number of carbonyl (C=O) groups excluding carboxylic acids is 11. The van der Waals surface area contributed by atoms with Crippen LogP contribution < -0.4 is 47.9 Å². The summed E-state index contributed by atoms with van der Waals surface area (Å²) in [5.74, 6) is -9.14. The van der Waals surface area contributed by atoms with Crippen molar-refractivity contribution in [2.24, 2.45) is 35.5 Å². The Balaban J connectivity index is 6.05. The molecule has 0 fully saturated rings. The van der Waals surface area contributed by atoms with Crippen molar-refractivity contribution in [2.45, 2.75) is 230 Å². The third-order valence-electron chi connectivity index (χ3n) is 11.7. The standard InChI is InChI=1S/C53H95N9O14/c1-26(2)23-34(55-40(63)32(13)54-44(67)38(30(9)10)60-50(73)76-51(15,16)17)42(65)61-53(20,21)49(72)59-39(31(11)12)47(70)75-33(14)41(64)56-35(24-27(3)4)43(66)62-52(18,19)48(71)58-37(29(7)8)45(68)57-36(25-28(5)6)46(69)74-22/h26-39H,23-25H2,1-22H3,(H,54,67)(H,55,63)(H,56,64)(H,57,68)(H,58,71)(H,59,72)(H,60,73)(H,61,65)(H,62,66)/t32-,33-,34-,35-,36-,37-,38-,39-/m0/s1. The number of amides is 9. The molecule has 0 aromatic heterocycles. The Labute approximate surface area is 451 Å². The fourth-order valence-electron chi connectivity index (χ4n) is 7.30. The molecule has 23 nitrogen and oxygen atoms in total. The van der Waals surface area contributed by atoms with Crippen LogP contribution in [0.5, 0.6) is 0 Å². The van der Waals surface area contributed by atoms with Crippen molar-refractivity contribution in [3.63, 3.8) is 0 Å². The maximum atomic E-state index is 13.8. The molecule has 0 unspecified atom stereocenters. The van der Waals surface area contributed by atoms with E-state index in [9.17, 15) is 52.7 Å². The first-order chi connectivity index (χ1) is 34.6. The number of rotatable bonds is 29. The van der Waals surface area contributed by atoms with Gasteiger partial charge in [-0.25, -0.2) is 14.4 Å². The second kappa shape index (κ2) is 30.6. The van der Waals surface area contributed by atoms with Gasteiger partial charge in [-0.1, -0.05) is 83.1 Å². The number of carbonyl (C=O) groups is 11. The summed E-state index contributed by atoms with van der Waals surface area (Å²) in [4.78, 5) is 147. The van der Waals surface area contributed by atoms with E-state index in [1.54, 1.807) is 62.3 Å². The molecule has 0 saturated carbocycles. The molecule has 0 aliphatic heterocycles. The lowest BCUT2D eigenvalue weighted by Gasteiger charge is -2.32. The summed E-state index contributed by atoms with van der Waals surface area (Å²) in [5.41, 5.74) is -4.12. The topological polar surface area (TPSA) is 324 Å². The summed E-state index contributed by atoms with van der Waals surface area (Å²) in [6.07, 6.45) is -1.76. The van der Waals surface area contributed by atoms with Crippen LogP contribution in [0.3, 0.4) is 0 Å². The van der Waals surface area contributed by atoms with E-state index in [1.165, 1.54) is 48.7 Å². The number of nitrogens with one attached hydrogen (secondary N) is 9. The minimum absolute atomic E-state index is 0.0371. The lowest BCUT2D eigenvalue weighted by atomic mass is 9.97. The zero-order valence-electron chi connectivity index (χ0n) is 49.4. The molecule has 0 aromatic carbocycles. The molecule has 9 amide bonds. The van der Waals surface area contributed by atoms with Crippen LogP contribution in [0, 0.1) is 35.5 Å². The van der Waals surface area contributed by atoms with Gasteiger partial charge in [0.15, 0.2) is 6.10 Å². The van der Waals surface area contributed by atoms with Gasteiger partial charge < -0.3 is 62.1 Å². The molecule has 0 saturated heterocycles. The summed E-state index contributed by atoms with van der Waals surface area (Å²) in [7, 11) is 1.21. The lowest BCUT2D eigenvalue weighted by Crippen LogP contribution is -2.63. The van der Waals surface area contributed by atoms with E-state index in [0.717, 1.165) is 0 Å². The van der Waals surface area contributed by atoms with Crippen molar-refractivity contribution in [1.29, 1.82) is 0 Å². The first-order valence-electron chi connectivity index (χ1n) is 26.3. The highest BCUT2D eigenvalue weighted by molar-refractivity contribution is 5.99. The molecule has 8 atom stereocenters. The fraction of sp³-hybridized carbons (Fsp3) is 0.792. The van der Waals surface area contributed by atoms with Crippen LogP contribution in [-0.2, 0) is 62.2 Å². The molecule has 0 bridgehead atoms. The molecule has 0 aromatic rings. The van der Waals surface area contributed by atoms with Gasteiger partial charge in [-0.3, -0.25) is 38.4 Å². The number of esters is 2. The lowest BCUT2D eigenvalue weighted by molar-refractivity contribution is -0.159. The minimum atomic E-state index is -1.68. The molecule has 0 radical (unpaired) electrons. The van der Waals surface area contributed by atoms with E-state index in [4.69, 9.17) is 14.2 Å². The van der Waals surface area contributed by atoms with E-state index < -0.39 is 142 Å². The number of alkyl carbamates (subject to hydrolysis) is 1. The number of hydrogen-bond acceptors (Lipinski definition) is 14. The largest absolute Gasteiger partial charge is 0.467 e. The summed E-state index contributed by atoms with van der Waals surface area (Å²) >= 11 is 0. The van der Waals surface area contributed by atoms with Crippen LogP contribution in [0.25, 0.3) is 0 Å². The zero-order chi connectivity index (χ0) is 59.5. The highest BCUT2D eigenvalue weighted by Crippen LogP contribution is 2.16. The quantitative estimate of drug-likeness (QED) is 0.0385. The van der Waals surface area contributed by atoms with Crippen LogP contribution in [-0.4, -0.2) is 137 Å². The summed E-state index contributed by atoms with van der Waals surface area (Å²) in [6, 6.07) is -7.98. The van der Waals surface area contributed by atoms with Crippen LogP contribution in [0.2, 0.25) is 0 Å². The maximum absolute atomic E-state index is 13.8. The number of methoxy groups -OCH3 is 1. The van der Waals surface area contributed by atoms with Gasteiger partial charge in [-0.05, 0) is 117 Å². The van der Waals surface area contributed by atoms with Crippen molar-refractivity contribution in [3.8, 4) is 0 Å². The molecular weight excluding hydrogens is 987 g/mol. The highest BCUT2D eigenvalue weighted by atomic mass is 16.6. The molecule has 0 heterocycles. The van der Waals surface area contributed by atoms with E-state index in [1.807, 2.05) is 41.5 Å². The molecule has 0 aliphatic rings. The Kier molecular flexibility index (Phi) is 28.2. The van der Waals surface area contributed by atoms with Crippen LogP contribution in [0.1, 0.15) is 165 Å². The molecular formula is C53H95N9O14. The number of hydrogen-bond donors (Lipinski definition) is 9. The molecule has 23 heteroatoms. The maximum Gasteiger partial charge on any atom is 0.408 e. The van der Waals surface area contributed by atoms with E-state index in [-0.39, 0.29) is 36.5 Å². The van der Waals surface area contributed by atoms with Crippen LogP contribution in [0.15, 0.2) is 0 Å². The van der Waals surface area contributed by atoms with Gasteiger partial charge in [0.25, 0.3) is 5.91 Å². The van der Waals surface area contributed by atoms with E-state index >= 15 is 0 Å². The van der Waals surface area contributed by atoms with Gasteiger partial charge in [0.1, 0.15) is 59.0 Å². The summed E-state index contributed by atoms with van der Waals surface area (Å²) in [5, 5.41) is 23.6. The average molecular weight is 1080 g/mol. The molecule has 9 N–H and O–H groups in total. The van der Waals surface area contributed by atoms with E-state index in [0.29, 0.717) is 6.42 Å². The first-order valence-corrected chi connectivity index (χ1v) is 26.3. The summed E-state index contributed by atoms with van der Waals surface area (Å²) in [6.45, 7) is 34.4. The molecule has 0 rings (SSSR count). The molecule has 436 valence electrons. The molecule has 0 spiro atoms. The second-order valence-corrected chi connectivity index (χ2v) is 23.9. The Hall–Kier alpha value is -6.03. The predicted molar refractivity (Wildman–Crippen MR) is 285 cm³/mol. The fourth-order valence-corrected chi connectivity index (χ4v) is 7.30. The SMILES string of the molecule is COC(=O)[C@H](CC(C)C)NC(=O)[C@@H](NC(=O)C(C)(C)NC(=O)[C@H](CC(C)C)NC(=O)[C@H](C)OC(=O)[C@@H](NC(=O)C(C)(C)NC(=O)[C@H](CC(C)C)NC(=O)[C@H](C)NC(=O)[C@@H](NC(=O)OC(C)(C)C)C(C)C)C(C)C)C(C)C. The molecule has 0 aliphatic carbocycles. The Morgan fingerprint density at radius 2 is 0.750 bits per heavy atom. The summed E-state index contributed by atoms with van der Waals surface area (Å²) < 4.78 is 15.7. The van der Waals surface area contributed by atoms with Gasteiger partial charge in [0.05, 0.1) is 7.11 Å². The minimum Gasteiger partial charge on any atom is -0.467 e. The first kappa shape index (κ1) is 70.0. The monoisotopic (exact) mass is 1080 g/mol. The van der Waals surface area contributed by atoms with Gasteiger partial charge in [-0.15, -0.1) is 0 Å². The Morgan fingerprint density at radius 1 is 0.395 bits per heavy atom. The highest BCUT2D eigenvalue weighted by Gasteiger charge is 2.40. The average Bonchev–Trinajstić information content (AvgIpc) is 3.25. The van der Waals surface area contributed by atoms with Gasteiger partial charge in [-0.2, -0.15) is 0 Å². The normalized spacial score (nSPS) is 15.2. The van der Waals surface area contributed by atoms with Gasteiger partial charge in [0, 0.05) is 0 Å². The van der Waals surface area contributed by atoms with E-state index in [2.05, 4.69) is 47.9 Å². The van der Waals surface area contributed by atoms with Gasteiger partial charge in [0.2, 0.25) is 41.4 Å². The zero-order valence-corrected chi connectivity index (χ0v) is 49.4. The third kappa shape index (κ3) is 24.8. The third-order valence-corrected chi connectivity index (χ3v) is 11.7. The Bertz CT molecular complexity index is 2030. The van der Waals surface area contributed by atoms with Crippen molar-refractivity contribution in [2.75, 3.05) is 7.11 Å². The van der Waals surface area contributed by atoms with Crippen molar-refractivity contribution in [3.05, 3.63) is 0 Å². The number of ether oxygens (including phenoxy) is 3. The van der Waals surface area contributed by atoms with Gasteiger partial charge >= 0.3 is 18.0 Å². The molecule has 76 heavy (non-hydrogen) atoms. The van der Waals surface area contributed by atoms with Crippen LogP contribution >= 0.6 is 0 Å². The van der Waals surface area contributed by atoms with Crippen molar-refractivity contribution < 1.29 is 67.0 Å². The Morgan fingerprint density at radius 3 is 1.13 bits per heavy atom. The smallest absolute Gasteiger partial charge is 0.408 e.